The minimum absolute atomic E-state index is 0.0452. The summed E-state index contributed by atoms with van der Waals surface area (Å²) in [5.41, 5.74) is 10.2. The first kappa shape index (κ1) is 22.6. The third-order valence-electron chi connectivity index (χ3n) is 8.44. The fraction of sp³-hybridized carbons (Fsp3) is 0.0811. The molecule has 1 N–H and O–H groups in total. The second kappa shape index (κ2) is 8.30. The molecule has 0 atom stereocenters. The average Bonchev–Trinajstić information content (AvgIpc) is 3.47. The van der Waals surface area contributed by atoms with Crippen LogP contribution in [0, 0.1) is 0 Å². The molecule has 6 aromatic carbocycles. The summed E-state index contributed by atoms with van der Waals surface area (Å²) in [6, 6.07) is 44.3. The van der Waals surface area contributed by atoms with Gasteiger partial charge in [0.05, 0.1) is 0 Å². The fourth-order valence-corrected chi connectivity index (χ4v) is 7.97. The molecular formula is C37H27NS. The molecule has 1 heterocycles. The Morgan fingerprint density at radius 3 is 2.13 bits per heavy atom. The average molecular weight is 518 g/mol. The topological polar surface area (TPSA) is 12.0 Å². The summed E-state index contributed by atoms with van der Waals surface area (Å²) in [6.45, 7) is 4.67. The minimum atomic E-state index is -0.0452. The minimum Gasteiger partial charge on any atom is -0.355 e. The molecule has 0 unspecified atom stereocenters. The van der Waals surface area contributed by atoms with Crippen molar-refractivity contribution in [1.29, 1.82) is 0 Å². The van der Waals surface area contributed by atoms with E-state index in [1.54, 1.807) is 0 Å². The van der Waals surface area contributed by atoms with Gasteiger partial charge in [-0.2, -0.15) is 0 Å². The van der Waals surface area contributed by atoms with Gasteiger partial charge < -0.3 is 5.32 Å². The summed E-state index contributed by atoms with van der Waals surface area (Å²) in [4.78, 5) is 0. The third-order valence-corrected chi connectivity index (χ3v) is 9.73. The molecule has 186 valence electrons. The number of nitrogens with one attached hydrogen (secondary N) is 1. The molecule has 1 aliphatic carbocycles. The maximum absolute atomic E-state index is 3.75. The summed E-state index contributed by atoms with van der Waals surface area (Å²) in [5, 5.41) is 9.07. The lowest BCUT2D eigenvalue weighted by Gasteiger charge is -2.24. The summed E-state index contributed by atoms with van der Waals surface area (Å²) in [6.07, 6.45) is 0. The van der Waals surface area contributed by atoms with E-state index in [2.05, 4.69) is 140 Å². The van der Waals surface area contributed by atoms with Crippen LogP contribution < -0.4 is 5.32 Å². The van der Waals surface area contributed by atoms with Crippen molar-refractivity contribution in [1.82, 2.24) is 0 Å². The molecule has 0 bridgehead atoms. The zero-order chi connectivity index (χ0) is 26.1. The van der Waals surface area contributed by atoms with Crippen molar-refractivity contribution in [3.05, 3.63) is 132 Å². The van der Waals surface area contributed by atoms with Crippen LogP contribution in [-0.4, -0.2) is 0 Å². The maximum Gasteiger partial charge on any atom is 0.0434 e. The van der Waals surface area contributed by atoms with E-state index in [1.165, 1.54) is 70.0 Å². The van der Waals surface area contributed by atoms with E-state index in [9.17, 15) is 0 Å². The Kier molecular flexibility index (Phi) is 4.80. The van der Waals surface area contributed by atoms with Gasteiger partial charge >= 0.3 is 0 Å². The highest BCUT2D eigenvalue weighted by atomic mass is 32.1. The smallest absolute Gasteiger partial charge is 0.0434 e. The highest BCUT2D eigenvalue weighted by Crippen LogP contribution is 2.51. The summed E-state index contributed by atoms with van der Waals surface area (Å²) in [7, 11) is 0. The molecular weight excluding hydrogens is 490 g/mol. The molecule has 0 aliphatic heterocycles. The molecule has 2 heteroatoms. The molecule has 1 nitrogen and oxygen atoms in total. The van der Waals surface area contributed by atoms with Crippen LogP contribution in [0.1, 0.15) is 25.0 Å². The van der Waals surface area contributed by atoms with Crippen molar-refractivity contribution in [2.75, 3.05) is 5.32 Å². The number of anilines is 2. The Labute approximate surface area is 232 Å². The van der Waals surface area contributed by atoms with Crippen molar-refractivity contribution >= 4 is 53.7 Å². The lowest BCUT2D eigenvalue weighted by Crippen LogP contribution is -2.16. The Balaban J connectivity index is 1.18. The van der Waals surface area contributed by atoms with Crippen molar-refractivity contribution < 1.29 is 0 Å². The molecule has 7 aromatic rings. The molecule has 8 rings (SSSR count). The number of rotatable bonds is 3. The number of fused-ring (bicyclic) bond motifs is 8. The number of benzene rings is 6. The SMILES string of the molecule is CC1(C)c2ccccc2-c2cccc(Nc3ccc(-c4cccc5c4sc4c6ccccc6ccc54)cc3)c21. The number of hydrogen-bond donors (Lipinski definition) is 1. The Hall–Kier alpha value is -4.40. The van der Waals surface area contributed by atoms with Crippen molar-refractivity contribution in [3.8, 4) is 22.3 Å². The van der Waals surface area contributed by atoms with Crippen molar-refractivity contribution in [3.63, 3.8) is 0 Å². The first-order chi connectivity index (χ1) is 19.1. The summed E-state index contributed by atoms with van der Waals surface area (Å²) in [5.74, 6) is 0. The normalized spacial score (nSPS) is 13.6. The Morgan fingerprint density at radius 2 is 1.23 bits per heavy atom. The second-order valence-electron chi connectivity index (χ2n) is 11.0. The van der Waals surface area contributed by atoms with E-state index in [1.807, 2.05) is 11.3 Å². The predicted octanol–water partition coefficient (Wildman–Crippen LogP) is 10.9. The molecule has 1 aromatic heterocycles. The molecule has 0 fully saturated rings. The predicted molar refractivity (Wildman–Crippen MR) is 170 cm³/mol. The van der Waals surface area contributed by atoms with Gasteiger partial charge in [-0.1, -0.05) is 117 Å². The van der Waals surface area contributed by atoms with Gasteiger partial charge in [0, 0.05) is 37.0 Å². The molecule has 0 saturated carbocycles. The summed E-state index contributed by atoms with van der Waals surface area (Å²) < 4.78 is 2.72. The lowest BCUT2D eigenvalue weighted by atomic mass is 9.81. The standard InChI is InChI=1S/C37H27NS/c1-37(2)32-15-6-5-11-28(32)29-13-8-16-33(34(29)37)38-25-20-17-24(18-21-25)27-12-7-14-30-31-22-19-23-9-3-4-10-26(23)36(31)39-35(27)30/h3-22,38H,1-2H3. The molecule has 0 saturated heterocycles. The zero-order valence-corrected chi connectivity index (χ0v) is 22.8. The van der Waals surface area contributed by atoms with Crippen LogP contribution in [0.2, 0.25) is 0 Å². The van der Waals surface area contributed by atoms with Crippen molar-refractivity contribution in [2.24, 2.45) is 0 Å². The van der Waals surface area contributed by atoms with Gasteiger partial charge in [-0.15, -0.1) is 11.3 Å². The van der Waals surface area contributed by atoms with E-state index in [4.69, 9.17) is 0 Å². The van der Waals surface area contributed by atoms with Gasteiger partial charge in [0.2, 0.25) is 0 Å². The largest absolute Gasteiger partial charge is 0.355 e. The van der Waals surface area contributed by atoms with Crippen LogP contribution in [0.5, 0.6) is 0 Å². The first-order valence-corrected chi connectivity index (χ1v) is 14.3. The zero-order valence-electron chi connectivity index (χ0n) is 22.0. The van der Waals surface area contributed by atoms with Gasteiger partial charge in [0.1, 0.15) is 0 Å². The third kappa shape index (κ3) is 3.32. The van der Waals surface area contributed by atoms with Crippen LogP contribution in [0.4, 0.5) is 11.4 Å². The number of thiophene rings is 1. The molecule has 0 spiro atoms. The van der Waals surface area contributed by atoms with Crippen LogP contribution in [0.25, 0.3) is 53.2 Å². The molecule has 0 amide bonds. The molecule has 1 aliphatic rings. The Bertz CT molecular complexity index is 2060. The van der Waals surface area contributed by atoms with E-state index >= 15 is 0 Å². The molecule has 39 heavy (non-hydrogen) atoms. The Morgan fingerprint density at radius 1 is 0.538 bits per heavy atom. The monoisotopic (exact) mass is 517 g/mol. The van der Waals surface area contributed by atoms with E-state index in [-0.39, 0.29) is 5.41 Å². The quantitative estimate of drug-likeness (QED) is 0.246. The van der Waals surface area contributed by atoms with Gasteiger partial charge in [-0.05, 0) is 62.4 Å². The van der Waals surface area contributed by atoms with E-state index < -0.39 is 0 Å². The van der Waals surface area contributed by atoms with Crippen molar-refractivity contribution in [2.45, 2.75) is 19.3 Å². The van der Waals surface area contributed by atoms with Gasteiger partial charge in [0.25, 0.3) is 0 Å². The fourth-order valence-electron chi connectivity index (χ4n) is 6.59. The van der Waals surface area contributed by atoms with E-state index in [0.717, 1.165) is 5.69 Å². The maximum atomic E-state index is 3.75. The number of hydrogen-bond acceptors (Lipinski definition) is 2. The van der Waals surface area contributed by atoms with E-state index in [0.29, 0.717) is 0 Å². The summed E-state index contributed by atoms with van der Waals surface area (Å²) >= 11 is 1.91. The first-order valence-electron chi connectivity index (χ1n) is 13.5. The molecule has 0 radical (unpaired) electrons. The highest BCUT2D eigenvalue weighted by Gasteiger charge is 2.37. The van der Waals surface area contributed by atoms with Gasteiger partial charge in [-0.3, -0.25) is 0 Å². The van der Waals surface area contributed by atoms with Crippen LogP contribution >= 0.6 is 11.3 Å². The van der Waals surface area contributed by atoms with Gasteiger partial charge in [0.15, 0.2) is 0 Å². The van der Waals surface area contributed by atoms with Crippen LogP contribution in [0.15, 0.2) is 121 Å². The highest BCUT2D eigenvalue weighted by molar-refractivity contribution is 7.27. The van der Waals surface area contributed by atoms with Crippen LogP contribution in [0.3, 0.4) is 0 Å². The second-order valence-corrected chi connectivity index (χ2v) is 12.1. The van der Waals surface area contributed by atoms with Gasteiger partial charge in [-0.25, -0.2) is 0 Å². The lowest BCUT2D eigenvalue weighted by molar-refractivity contribution is 0.662. The van der Waals surface area contributed by atoms with Crippen LogP contribution in [-0.2, 0) is 5.41 Å².